The summed E-state index contributed by atoms with van der Waals surface area (Å²) in [5, 5.41) is 7.54. The molecule has 156 valence electrons. The summed E-state index contributed by atoms with van der Waals surface area (Å²) in [4.78, 5) is 12.8. The summed E-state index contributed by atoms with van der Waals surface area (Å²) in [6, 6.07) is 23.2. The van der Waals surface area contributed by atoms with Crippen LogP contribution in [0.5, 0.6) is 0 Å². The van der Waals surface area contributed by atoms with E-state index in [0.29, 0.717) is 16.4 Å². The van der Waals surface area contributed by atoms with E-state index in [1.807, 2.05) is 6.07 Å². The van der Waals surface area contributed by atoms with Crippen LogP contribution in [-0.2, 0) is 10.0 Å². The Hall–Kier alpha value is -3.62. The van der Waals surface area contributed by atoms with E-state index in [2.05, 4.69) is 15.1 Å². The van der Waals surface area contributed by atoms with Crippen molar-refractivity contribution >= 4 is 38.9 Å². The largest absolute Gasteiger partial charge is 0.319 e. The molecule has 0 spiro atoms. The molecule has 0 unspecified atom stereocenters. The van der Waals surface area contributed by atoms with E-state index >= 15 is 0 Å². The van der Waals surface area contributed by atoms with Crippen molar-refractivity contribution in [3.8, 4) is 5.69 Å². The van der Waals surface area contributed by atoms with E-state index in [1.54, 1.807) is 72.9 Å². The second kappa shape index (κ2) is 8.63. The summed E-state index contributed by atoms with van der Waals surface area (Å²) in [7, 11) is -3.81. The van der Waals surface area contributed by atoms with Gasteiger partial charge in [0, 0.05) is 11.2 Å². The Morgan fingerprint density at radius 2 is 1.58 bits per heavy atom. The van der Waals surface area contributed by atoms with Gasteiger partial charge in [-0.05, 0) is 48.5 Å². The van der Waals surface area contributed by atoms with Gasteiger partial charge in [-0.3, -0.25) is 9.52 Å². The first kappa shape index (κ1) is 20.6. The summed E-state index contributed by atoms with van der Waals surface area (Å²) in [6.45, 7) is 0. The van der Waals surface area contributed by atoms with Crippen LogP contribution in [0.25, 0.3) is 5.69 Å². The maximum Gasteiger partial charge on any atom is 0.276 e. The molecule has 4 rings (SSSR count). The number of sulfonamides is 1. The monoisotopic (exact) mass is 452 g/mol. The predicted molar refractivity (Wildman–Crippen MR) is 120 cm³/mol. The number of carbonyl (C=O) groups is 1. The van der Waals surface area contributed by atoms with Crippen LogP contribution in [0.1, 0.15) is 10.5 Å². The highest BCUT2D eigenvalue weighted by atomic mass is 35.5. The average Bonchev–Trinajstić information content (AvgIpc) is 3.26. The molecule has 0 atom stereocenters. The van der Waals surface area contributed by atoms with Gasteiger partial charge in [0.1, 0.15) is 0 Å². The van der Waals surface area contributed by atoms with E-state index in [9.17, 15) is 13.2 Å². The topological polar surface area (TPSA) is 93.1 Å². The van der Waals surface area contributed by atoms with E-state index in [-0.39, 0.29) is 16.3 Å². The highest BCUT2D eigenvalue weighted by Gasteiger charge is 2.17. The summed E-state index contributed by atoms with van der Waals surface area (Å²) >= 11 is 6.01. The number of aromatic nitrogens is 2. The minimum atomic E-state index is -3.81. The second-order valence-electron chi connectivity index (χ2n) is 6.54. The summed E-state index contributed by atoms with van der Waals surface area (Å²) < 4.78 is 29.3. The average molecular weight is 453 g/mol. The fraction of sp³-hybridized carbons (Fsp3) is 0. The third-order valence-electron chi connectivity index (χ3n) is 4.37. The Kier molecular flexibility index (Phi) is 5.75. The zero-order chi connectivity index (χ0) is 21.8. The number of halogens is 1. The summed E-state index contributed by atoms with van der Waals surface area (Å²) in [5.74, 6) is -0.480. The van der Waals surface area contributed by atoms with Crippen molar-refractivity contribution in [3.63, 3.8) is 0 Å². The molecule has 1 amide bonds. The van der Waals surface area contributed by atoms with Crippen LogP contribution in [0.2, 0.25) is 5.02 Å². The van der Waals surface area contributed by atoms with Crippen molar-refractivity contribution in [1.29, 1.82) is 0 Å². The van der Waals surface area contributed by atoms with Gasteiger partial charge in [0.2, 0.25) is 0 Å². The third kappa shape index (κ3) is 4.76. The zero-order valence-electron chi connectivity index (χ0n) is 16.1. The Labute approximate surface area is 184 Å². The van der Waals surface area contributed by atoms with Gasteiger partial charge in [0.05, 0.1) is 22.0 Å². The van der Waals surface area contributed by atoms with Crippen molar-refractivity contribution in [3.05, 3.63) is 102 Å². The molecule has 0 aliphatic heterocycles. The lowest BCUT2D eigenvalue weighted by atomic mass is 10.2. The van der Waals surface area contributed by atoms with Crippen molar-refractivity contribution < 1.29 is 13.2 Å². The fourth-order valence-electron chi connectivity index (χ4n) is 2.88. The SMILES string of the molecule is O=C(Nc1ccccc1NS(=O)(=O)c1ccccc1)c1ccn(-c2cccc(Cl)c2)n1. The number of hydrogen-bond donors (Lipinski definition) is 2. The minimum absolute atomic E-state index is 0.122. The van der Waals surface area contributed by atoms with Crippen LogP contribution >= 0.6 is 11.6 Å². The lowest BCUT2D eigenvalue weighted by Gasteiger charge is -2.13. The van der Waals surface area contributed by atoms with Gasteiger partial charge in [0.25, 0.3) is 15.9 Å². The molecule has 0 fully saturated rings. The van der Waals surface area contributed by atoms with Crippen LogP contribution in [0, 0.1) is 0 Å². The fourth-order valence-corrected chi connectivity index (χ4v) is 4.16. The standard InChI is InChI=1S/C22H17ClN4O3S/c23-16-7-6-8-17(15-16)27-14-13-21(25-27)22(28)24-19-11-4-5-12-20(19)26-31(29,30)18-9-2-1-3-10-18/h1-15,26H,(H,24,28). The minimum Gasteiger partial charge on any atom is -0.319 e. The maximum atomic E-state index is 12.7. The molecule has 9 heteroatoms. The first-order valence-corrected chi connectivity index (χ1v) is 11.1. The lowest BCUT2D eigenvalue weighted by molar-refractivity contribution is 0.102. The number of nitrogens with one attached hydrogen (secondary N) is 2. The number of rotatable bonds is 6. The lowest BCUT2D eigenvalue weighted by Crippen LogP contribution is -2.17. The number of carbonyl (C=O) groups excluding carboxylic acids is 1. The van der Waals surface area contributed by atoms with Crippen molar-refractivity contribution in [2.75, 3.05) is 10.0 Å². The van der Waals surface area contributed by atoms with Gasteiger partial charge in [0.15, 0.2) is 5.69 Å². The van der Waals surface area contributed by atoms with Gasteiger partial charge in [-0.2, -0.15) is 5.10 Å². The molecule has 1 heterocycles. The van der Waals surface area contributed by atoms with E-state index < -0.39 is 15.9 Å². The number of nitrogens with zero attached hydrogens (tertiary/aromatic N) is 2. The molecule has 0 bridgehead atoms. The molecule has 0 saturated heterocycles. The van der Waals surface area contributed by atoms with Gasteiger partial charge < -0.3 is 5.32 Å². The van der Waals surface area contributed by atoms with E-state index in [4.69, 9.17) is 11.6 Å². The van der Waals surface area contributed by atoms with Crippen molar-refractivity contribution in [2.45, 2.75) is 4.90 Å². The smallest absolute Gasteiger partial charge is 0.276 e. The molecular weight excluding hydrogens is 436 g/mol. The Balaban J connectivity index is 1.55. The maximum absolute atomic E-state index is 12.7. The number of anilines is 2. The van der Waals surface area contributed by atoms with Gasteiger partial charge in [-0.1, -0.05) is 48.0 Å². The van der Waals surface area contributed by atoms with Gasteiger partial charge in [-0.15, -0.1) is 0 Å². The first-order chi connectivity index (χ1) is 14.9. The molecule has 1 aromatic heterocycles. The normalized spacial score (nSPS) is 11.1. The first-order valence-electron chi connectivity index (χ1n) is 9.22. The molecule has 7 nitrogen and oxygen atoms in total. The van der Waals surface area contributed by atoms with E-state index in [1.165, 1.54) is 16.8 Å². The number of amides is 1. The van der Waals surface area contributed by atoms with Crippen molar-refractivity contribution in [2.24, 2.45) is 0 Å². The third-order valence-corrected chi connectivity index (χ3v) is 5.98. The zero-order valence-corrected chi connectivity index (χ0v) is 17.6. The highest BCUT2D eigenvalue weighted by Crippen LogP contribution is 2.25. The predicted octanol–water partition coefficient (Wildman–Crippen LogP) is 4.58. The van der Waals surface area contributed by atoms with Crippen LogP contribution in [0.4, 0.5) is 11.4 Å². The molecular formula is C22H17ClN4O3S. The van der Waals surface area contributed by atoms with Crippen molar-refractivity contribution in [1.82, 2.24) is 9.78 Å². The number of benzene rings is 3. The van der Waals surface area contributed by atoms with Crippen LogP contribution in [0.3, 0.4) is 0 Å². The van der Waals surface area contributed by atoms with Gasteiger partial charge >= 0.3 is 0 Å². The molecule has 2 N–H and O–H groups in total. The Bertz CT molecular complexity index is 1340. The Morgan fingerprint density at radius 1 is 0.871 bits per heavy atom. The summed E-state index contributed by atoms with van der Waals surface area (Å²) in [5.41, 5.74) is 1.43. The number of hydrogen-bond acceptors (Lipinski definition) is 4. The molecule has 31 heavy (non-hydrogen) atoms. The summed E-state index contributed by atoms with van der Waals surface area (Å²) in [6.07, 6.45) is 1.64. The molecule has 0 saturated carbocycles. The molecule has 0 aliphatic rings. The molecule has 3 aromatic carbocycles. The Morgan fingerprint density at radius 3 is 2.32 bits per heavy atom. The second-order valence-corrected chi connectivity index (χ2v) is 8.66. The molecule has 0 aliphatic carbocycles. The highest BCUT2D eigenvalue weighted by molar-refractivity contribution is 7.92. The van der Waals surface area contributed by atoms with Crippen LogP contribution in [0.15, 0.2) is 96.0 Å². The van der Waals surface area contributed by atoms with Gasteiger partial charge in [-0.25, -0.2) is 13.1 Å². The van der Waals surface area contributed by atoms with E-state index in [0.717, 1.165) is 0 Å². The quantitative estimate of drug-likeness (QED) is 0.448. The number of para-hydroxylation sites is 2. The van der Waals surface area contributed by atoms with Crippen LogP contribution in [-0.4, -0.2) is 24.1 Å². The molecule has 4 aromatic rings. The molecule has 0 radical (unpaired) electrons. The van der Waals surface area contributed by atoms with Crippen LogP contribution < -0.4 is 10.0 Å².